The monoisotopic (exact) mass is 547 g/mol. The molecule has 8 nitrogen and oxygen atoms in total. The van der Waals surface area contributed by atoms with Crippen LogP contribution in [0, 0.1) is 5.82 Å². The van der Waals surface area contributed by atoms with E-state index in [1.54, 1.807) is 23.5 Å². The van der Waals surface area contributed by atoms with Gasteiger partial charge in [0, 0.05) is 63.5 Å². The van der Waals surface area contributed by atoms with Crippen LogP contribution in [0.4, 0.5) is 21.0 Å². The lowest BCUT2D eigenvalue weighted by atomic mass is 10.2. The Labute approximate surface area is 232 Å². The Morgan fingerprint density at radius 1 is 1.03 bits per heavy atom. The standard InChI is InChI=1S/C29H34FN7OS/c1-3-5-24-28(33(2)29-32-25(20-39-29)21-6-8-22(30)9-7-21)37-18-23(10-11-26(37)31-24)35-16-14-34(15-17-35)19-27(38)36-12-4-13-36/h6-11,18,20H,3-5,12-17,19H2,1-2H3. The van der Waals surface area contributed by atoms with E-state index in [1.807, 2.05) is 17.3 Å². The third kappa shape index (κ3) is 5.23. The maximum Gasteiger partial charge on any atom is 0.236 e. The van der Waals surface area contributed by atoms with E-state index >= 15 is 0 Å². The van der Waals surface area contributed by atoms with Crippen LogP contribution in [0.25, 0.3) is 16.9 Å². The summed E-state index contributed by atoms with van der Waals surface area (Å²) in [5, 5.41) is 2.87. The number of likely N-dealkylation sites (tertiary alicyclic amines) is 1. The van der Waals surface area contributed by atoms with Crippen LogP contribution in [0.1, 0.15) is 25.5 Å². The molecule has 204 valence electrons. The average Bonchev–Trinajstić information content (AvgIpc) is 3.53. The molecule has 0 spiro atoms. The van der Waals surface area contributed by atoms with Crippen molar-refractivity contribution in [1.29, 1.82) is 0 Å². The molecular weight excluding hydrogens is 513 g/mol. The van der Waals surface area contributed by atoms with Gasteiger partial charge in [0.1, 0.15) is 17.3 Å². The number of carbonyl (C=O) groups is 1. The Hall–Kier alpha value is -3.50. The highest BCUT2D eigenvalue weighted by atomic mass is 32.1. The van der Waals surface area contributed by atoms with Gasteiger partial charge in [0.2, 0.25) is 5.91 Å². The third-order valence-corrected chi connectivity index (χ3v) is 8.59. The Morgan fingerprint density at radius 3 is 2.49 bits per heavy atom. The van der Waals surface area contributed by atoms with Gasteiger partial charge in [0.15, 0.2) is 5.13 Å². The van der Waals surface area contributed by atoms with E-state index in [-0.39, 0.29) is 11.7 Å². The molecule has 1 aromatic carbocycles. The molecule has 0 radical (unpaired) electrons. The van der Waals surface area contributed by atoms with Crippen molar-refractivity contribution in [2.75, 3.05) is 62.7 Å². The molecule has 39 heavy (non-hydrogen) atoms. The molecule has 5 heterocycles. The molecule has 6 rings (SSSR count). The number of piperazine rings is 1. The molecule has 0 unspecified atom stereocenters. The van der Waals surface area contributed by atoms with Gasteiger partial charge in [-0.15, -0.1) is 11.3 Å². The molecule has 10 heteroatoms. The number of aromatic nitrogens is 3. The van der Waals surface area contributed by atoms with Crippen LogP contribution in [0.15, 0.2) is 48.0 Å². The first-order valence-corrected chi connectivity index (χ1v) is 14.6. The molecule has 0 N–H and O–H groups in total. The predicted octanol–water partition coefficient (Wildman–Crippen LogP) is 4.67. The second-order valence-corrected chi connectivity index (χ2v) is 11.2. The largest absolute Gasteiger partial charge is 0.368 e. The number of halogens is 1. The topological polar surface area (TPSA) is 60.2 Å². The summed E-state index contributed by atoms with van der Waals surface area (Å²) in [6.07, 6.45) is 5.18. The van der Waals surface area contributed by atoms with Crippen LogP contribution in [0.2, 0.25) is 0 Å². The van der Waals surface area contributed by atoms with Gasteiger partial charge in [-0.25, -0.2) is 14.4 Å². The number of thiazole rings is 1. The Morgan fingerprint density at radius 2 is 1.79 bits per heavy atom. The fourth-order valence-corrected chi connectivity index (χ4v) is 6.10. The van der Waals surface area contributed by atoms with Gasteiger partial charge in [0.05, 0.1) is 23.6 Å². The minimum atomic E-state index is -0.251. The van der Waals surface area contributed by atoms with Gasteiger partial charge in [-0.3, -0.25) is 14.1 Å². The summed E-state index contributed by atoms with van der Waals surface area (Å²) >= 11 is 1.57. The summed E-state index contributed by atoms with van der Waals surface area (Å²) < 4.78 is 15.6. The summed E-state index contributed by atoms with van der Waals surface area (Å²) in [7, 11) is 2.04. The number of imidazole rings is 1. The van der Waals surface area contributed by atoms with Gasteiger partial charge < -0.3 is 14.7 Å². The number of benzene rings is 1. The van der Waals surface area contributed by atoms with Gasteiger partial charge in [-0.1, -0.05) is 13.3 Å². The lowest BCUT2D eigenvalue weighted by molar-refractivity contribution is -0.135. The van der Waals surface area contributed by atoms with Crippen LogP contribution < -0.4 is 9.80 Å². The van der Waals surface area contributed by atoms with Crippen molar-refractivity contribution < 1.29 is 9.18 Å². The minimum Gasteiger partial charge on any atom is -0.368 e. The second-order valence-electron chi connectivity index (χ2n) is 10.3. The number of carbonyl (C=O) groups excluding carboxylic acids is 1. The molecule has 0 saturated carbocycles. The number of rotatable bonds is 8. The van der Waals surface area contributed by atoms with Crippen molar-refractivity contribution in [2.45, 2.75) is 26.2 Å². The van der Waals surface area contributed by atoms with Gasteiger partial charge in [-0.05, 0) is 49.2 Å². The van der Waals surface area contributed by atoms with Crippen molar-refractivity contribution in [2.24, 2.45) is 0 Å². The zero-order valence-corrected chi connectivity index (χ0v) is 23.3. The molecule has 3 aromatic heterocycles. The smallest absolute Gasteiger partial charge is 0.236 e. The zero-order valence-electron chi connectivity index (χ0n) is 22.5. The van der Waals surface area contributed by atoms with E-state index in [4.69, 9.17) is 9.97 Å². The fourth-order valence-electron chi connectivity index (χ4n) is 5.30. The molecule has 0 bridgehead atoms. The molecule has 2 fully saturated rings. The van der Waals surface area contributed by atoms with Crippen LogP contribution in [-0.4, -0.2) is 82.9 Å². The van der Waals surface area contributed by atoms with E-state index < -0.39 is 0 Å². The summed E-state index contributed by atoms with van der Waals surface area (Å²) in [5.41, 5.74) is 4.84. The van der Waals surface area contributed by atoms with Crippen molar-refractivity contribution in [1.82, 2.24) is 24.2 Å². The molecule has 1 amide bonds. The lowest BCUT2D eigenvalue weighted by Crippen LogP contribution is -2.52. The van der Waals surface area contributed by atoms with Crippen LogP contribution >= 0.6 is 11.3 Å². The molecule has 2 aliphatic rings. The first kappa shape index (κ1) is 25.8. The highest BCUT2D eigenvalue weighted by Crippen LogP contribution is 2.34. The maximum absolute atomic E-state index is 13.4. The zero-order chi connectivity index (χ0) is 26.9. The van der Waals surface area contributed by atoms with Crippen molar-refractivity contribution in [3.63, 3.8) is 0 Å². The van der Waals surface area contributed by atoms with Gasteiger partial charge in [-0.2, -0.15) is 0 Å². The Bertz CT molecular complexity index is 1450. The maximum atomic E-state index is 13.4. The lowest BCUT2D eigenvalue weighted by Gasteiger charge is -2.38. The van der Waals surface area contributed by atoms with Crippen LogP contribution in [0.3, 0.4) is 0 Å². The predicted molar refractivity (Wildman–Crippen MR) is 155 cm³/mol. The number of anilines is 3. The quantitative estimate of drug-likeness (QED) is 0.320. The highest BCUT2D eigenvalue weighted by molar-refractivity contribution is 7.14. The average molecular weight is 548 g/mol. The number of nitrogens with zero attached hydrogens (tertiary/aromatic N) is 7. The van der Waals surface area contributed by atoms with Gasteiger partial charge >= 0.3 is 0 Å². The third-order valence-electron chi connectivity index (χ3n) is 7.68. The number of amides is 1. The Kier molecular flexibility index (Phi) is 7.22. The van der Waals surface area contributed by atoms with Crippen LogP contribution in [-0.2, 0) is 11.2 Å². The summed E-state index contributed by atoms with van der Waals surface area (Å²) in [4.78, 5) is 31.0. The molecule has 2 aliphatic heterocycles. The van der Waals surface area contributed by atoms with E-state index in [9.17, 15) is 9.18 Å². The molecule has 0 atom stereocenters. The number of hydrogen-bond donors (Lipinski definition) is 0. The molecule has 4 aromatic rings. The summed E-state index contributed by atoms with van der Waals surface area (Å²) in [6.45, 7) is 8.03. The fraction of sp³-hybridized carbons (Fsp3) is 0.414. The normalized spacial score (nSPS) is 16.1. The molecule has 2 saturated heterocycles. The van der Waals surface area contributed by atoms with Crippen LogP contribution in [0.5, 0.6) is 0 Å². The van der Waals surface area contributed by atoms with Crippen molar-refractivity contribution in [3.05, 3.63) is 59.5 Å². The van der Waals surface area contributed by atoms with Gasteiger partial charge in [0.25, 0.3) is 0 Å². The van der Waals surface area contributed by atoms with E-state index in [0.717, 1.165) is 97.8 Å². The van der Waals surface area contributed by atoms with Crippen molar-refractivity contribution in [3.8, 4) is 11.3 Å². The number of hydrogen-bond acceptors (Lipinski definition) is 7. The summed E-state index contributed by atoms with van der Waals surface area (Å²) in [6, 6.07) is 10.7. The Balaban J connectivity index is 1.23. The van der Waals surface area contributed by atoms with E-state index in [2.05, 4.69) is 44.4 Å². The second kappa shape index (κ2) is 10.9. The first-order valence-electron chi connectivity index (χ1n) is 13.7. The molecule has 0 aliphatic carbocycles. The van der Waals surface area contributed by atoms with E-state index in [0.29, 0.717) is 6.54 Å². The minimum absolute atomic E-state index is 0.251. The first-order chi connectivity index (χ1) is 19.0. The molecular formula is C29H34FN7OS. The number of pyridine rings is 1. The van der Waals surface area contributed by atoms with E-state index in [1.165, 1.54) is 12.1 Å². The van der Waals surface area contributed by atoms with Crippen molar-refractivity contribution >= 4 is 39.5 Å². The SMILES string of the molecule is CCCc1nc2ccc(N3CCN(CC(=O)N4CCC4)CC3)cn2c1N(C)c1nc(-c2ccc(F)cc2)cs1. The number of fused-ring (bicyclic) bond motifs is 1. The number of aryl methyl sites for hydroxylation is 1. The highest BCUT2D eigenvalue weighted by Gasteiger charge is 2.26. The summed E-state index contributed by atoms with van der Waals surface area (Å²) in [5.74, 6) is 1.03.